The maximum atomic E-state index is 12.7. The average Bonchev–Trinajstić information content (AvgIpc) is 2.99. The molecule has 0 aliphatic carbocycles. The van der Waals surface area contributed by atoms with Crippen LogP contribution in [0.1, 0.15) is 16.6 Å². The molecular weight excluding hydrogens is 388 g/mol. The molecule has 10 heteroatoms. The van der Waals surface area contributed by atoms with Gasteiger partial charge in [0.25, 0.3) is 5.56 Å². The Hall–Kier alpha value is -2.24. The SMILES string of the molecule is O=C(SCCn1c(=O)ccn([C@@H]2O[C@H](CO)[C@@H](O)[C@H]2O)c1=O)c1ccccc1. The third kappa shape index (κ3) is 4.10. The van der Waals surface area contributed by atoms with Gasteiger partial charge in [-0.1, -0.05) is 42.1 Å². The first-order valence-corrected chi connectivity index (χ1v) is 9.59. The van der Waals surface area contributed by atoms with Gasteiger partial charge < -0.3 is 20.1 Å². The Morgan fingerprint density at radius 2 is 1.82 bits per heavy atom. The van der Waals surface area contributed by atoms with E-state index in [0.29, 0.717) is 5.56 Å². The van der Waals surface area contributed by atoms with E-state index in [1.54, 1.807) is 30.3 Å². The van der Waals surface area contributed by atoms with E-state index in [9.17, 15) is 29.7 Å². The van der Waals surface area contributed by atoms with Gasteiger partial charge in [0.05, 0.1) is 6.61 Å². The van der Waals surface area contributed by atoms with E-state index in [0.717, 1.165) is 27.0 Å². The van der Waals surface area contributed by atoms with Crippen molar-refractivity contribution >= 4 is 16.9 Å². The first kappa shape index (κ1) is 20.5. The highest BCUT2D eigenvalue weighted by Gasteiger charge is 2.43. The minimum atomic E-state index is -1.44. The van der Waals surface area contributed by atoms with Crippen molar-refractivity contribution in [2.75, 3.05) is 12.4 Å². The Labute approximate surface area is 163 Å². The molecule has 150 valence electrons. The number of benzene rings is 1. The van der Waals surface area contributed by atoms with Crippen molar-refractivity contribution in [3.8, 4) is 0 Å². The summed E-state index contributed by atoms with van der Waals surface area (Å²) in [6, 6.07) is 9.78. The zero-order valence-corrected chi connectivity index (χ0v) is 15.6. The summed E-state index contributed by atoms with van der Waals surface area (Å²) in [4.78, 5) is 36.9. The summed E-state index contributed by atoms with van der Waals surface area (Å²) in [6.45, 7) is -0.544. The van der Waals surface area contributed by atoms with Crippen LogP contribution in [0, 0.1) is 0 Å². The highest BCUT2D eigenvalue weighted by molar-refractivity contribution is 8.14. The van der Waals surface area contributed by atoms with E-state index in [4.69, 9.17) is 4.74 Å². The van der Waals surface area contributed by atoms with Crippen LogP contribution >= 0.6 is 11.8 Å². The fraction of sp³-hybridized carbons (Fsp3) is 0.389. The fourth-order valence-electron chi connectivity index (χ4n) is 2.93. The monoisotopic (exact) mass is 408 g/mol. The van der Waals surface area contributed by atoms with Crippen LogP contribution in [0.5, 0.6) is 0 Å². The van der Waals surface area contributed by atoms with E-state index < -0.39 is 42.4 Å². The molecule has 1 fully saturated rings. The Kier molecular flexibility index (Phi) is 6.47. The number of thioether (sulfide) groups is 1. The van der Waals surface area contributed by atoms with Crippen molar-refractivity contribution in [1.29, 1.82) is 0 Å². The van der Waals surface area contributed by atoms with Crippen LogP contribution in [0.4, 0.5) is 0 Å². The van der Waals surface area contributed by atoms with E-state index in [1.165, 1.54) is 6.20 Å². The van der Waals surface area contributed by atoms with Gasteiger partial charge in [0, 0.05) is 30.1 Å². The van der Waals surface area contributed by atoms with Crippen molar-refractivity contribution in [3.63, 3.8) is 0 Å². The molecule has 1 aliphatic heterocycles. The number of hydrogen-bond donors (Lipinski definition) is 3. The van der Waals surface area contributed by atoms with Crippen LogP contribution in [0.25, 0.3) is 0 Å². The number of ether oxygens (including phenoxy) is 1. The van der Waals surface area contributed by atoms with Crippen LogP contribution in [-0.4, -0.2) is 60.2 Å². The maximum Gasteiger partial charge on any atom is 0.333 e. The van der Waals surface area contributed by atoms with Crippen LogP contribution in [0.2, 0.25) is 0 Å². The molecule has 4 atom stereocenters. The number of rotatable bonds is 6. The Balaban J connectivity index is 1.74. The molecule has 0 bridgehead atoms. The maximum absolute atomic E-state index is 12.7. The zero-order chi connectivity index (χ0) is 20.3. The molecule has 0 spiro atoms. The van der Waals surface area contributed by atoms with Gasteiger partial charge in [-0.3, -0.25) is 18.7 Å². The van der Waals surface area contributed by atoms with E-state index >= 15 is 0 Å². The molecule has 9 nitrogen and oxygen atoms in total. The summed E-state index contributed by atoms with van der Waals surface area (Å²) in [5.74, 6) is 0.197. The molecule has 1 aliphatic rings. The second-order valence-corrected chi connectivity index (χ2v) is 7.29. The predicted octanol–water partition coefficient (Wildman–Crippen LogP) is -0.805. The lowest BCUT2D eigenvalue weighted by atomic mass is 10.1. The van der Waals surface area contributed by atoms with Crippen LogP contribution < -0.4 is 11.2 Å². The molecule has 3 rings (SSSR count). The summed E-state index contributed by atoms with van der Waals surface area (Å²) in [6.07, 6.45) is -3.89. The second kappa shape index (κ2) is 8.84. The summed E-state index contributed by atoms with van der Waals surface area (Å²) in [5.41, 5.74) is -0.771. The number of aliphatic hydroxyl groups excluding tert-OH is 3. The number of carbonyl (C=O) groups is 1. The van der Waals surface area contributed by atoms with Gasteiger partial charge in [-0.25, -0.2) is 4.79 Å². The van der Waals surface area contributed by atoms with Gasteiger partial charge in [-0.2, -0.15) is 0 Å². The van der Waals surface area contributed by atoms with E-state index in [-0.39, 0.29) is 17.4 Å². The molecule has 3 N–H and O–H groups in total. The fourth-order valence-corrected chi connectivity index (χ4v) is 3.69. The summed E-state index contributed by atoms with van der Waals surface area (Å²) < 4.78 is 7.26. The molecule has 1 aromatic heterocycles. The third-order valence-electron chi connectivity index (χ3n) is 4.44. The molecule has 0 saturated carbocycles. The second-order valence-electron chi connectivity index (χ2n) is 6.23. The van der Waals surface area contributed by atoms with Crippen LogP contribution in [-0.2, 0) is 11.3 Å². The first-order chi connectivity index (χ1) is 13.4. The van der Waals surface area contributed by atoms with Gasteiger partial charge >= 0.3 is 5.69 Å². The normalized spacial score (nSPS) is 24.4. The molecule has 28 heavy (non-hydrogen) atoms. The average molecular weight is 408 g/mol. The Morgan fingerprint density at radius 1 is 1.11 bits per heavy atom. The van der Waals surface area contributed by atoms with Gasteiger partial charge in [0.2, 0.25) is 5.12 Å². The first-order valence-electron chi connectivity index (χ1n) is 8.60. The number of aromatic nitrogens is 2. The van der Waals surface area contributed by atoms with Gasteiger partial charge in [0.1, 0.15) is 18.3 Å². The molecule has 2 heterocycles. The summed E-state index contributed by atoms with van der Waals surface area (Å²) >= 11 is 0.984. The lowest BCUT2D eigenvalue weighted by Gasteiger charge is -2.18. The molecule has 0 radical (unpaired) electrons. The molecule has 1 saturated heterocycles. The van der Waals surface area contributed by atoms with Crippen LogP contribution in [0.15, 0.2) is 52.2 Å². The predicted molar refractivity (Wildman–Crippen MR) is 101 cm³/mol. The molecule has 0 unspecified atom stereocenters. The summed E-state index contributed by atoms with van der Waals surface area (Å²) in [5, 5.41) is 28.9. The quantitative estimate of drug-likeness (QED) is 0.566. The lowest BCUT2D eigenvalue weighted by Crippen LogP contribution is -2.43. The third-order valence-corrected chi connectivity index (χ3v) is 5.33. The van der Waals surface area contributed by atoms with Crippen LogP contribution in [0.3, 0.4) is 0 Å². The number of hydrogen-bond acceptors (Lipinski definition) is 8. The van der Waals surface area contributed by atoms with Crippen molar-refractivity contribution in [2.24, 2.45) is 0 Å². The Morgan fingerprint density at radius 3 is 2.46 bits per heavy atom. The molecule has 1 aromatic carbocycles. The van der Waals surface area contributed by atoms with E-state index in [2.05, 4.69) is 0 Å². The molecular formula is C18H20N2O7S. The summed E-state index contributed by atoms with van der Waals surface area (Å²) in [7, 11) is 0. The zero-order valence-electron chi connectivity index (χ0n) is 14.7. The van der Waals surface area contributed by atoms with Crippen molar-refractivity contribution in [2.45, 2.75) is 31.1 Å². The number of nitrogens with zero attached hydrogens (tertiary/aromatic N) is 2. The minimum absolute atomic E-state index is 0.0173. The van der Waals surface area contributed by atoms with Crippen molar-refractivity contribution in [3.05, 3.63) is 69.0 Å². The molecule has 0 amide bonds. The standard InChI is InChI=1S/C18H20N2O7S/c21-10-12-14(23)15(24)16(27-12)20-7-6-13(22)19(18(20)26)8-9-28-17(25)11-4-2-1-3-5-11/h1-7,12,14-16,21,23-24H,8-10H2/t12-,14-,15-,16-/m1/s1. The number of aliphatic hydroxyl groups is 3. The van der Waals surface area contributed by atoms with Gasteiger partial charge in [-0.05, 0) is 0 Å². The highest BCUT2D eigenvalue weighted by atomic mass is 32.2. The van der Waals surface area contributed by atoms with Crippen molar-refractivity contribution in [1.82, 2.24) is 9.13 Å². The van der Waals surface area contributed by atoms with E-state index in [1.807, 2.05) is 0 Å². The smallest absolute Gasteiger partial charge is 0.333 e. The van der Waals surface area contributed by atoms with Crippen molar-refractivity contribution < 1.29 is 24.9 Å². The molecule has 2 aromatic rings. The Bertz CT molecular complexity index is 943. The van der Waals surface area contributed by atoms with Gasteiger partial charge in [-0.15, -0.1) is 0 Å². The highest BCUT2D eigenvalue weighted by Crippen LogP contribution is 2.27. The minimum Gasteiger partial charge on any atom is -0.394 e. The van der Waals surface area contributed by atoms with Gasteiger partial charge in [0.15, 0.2) is 6.23 Å². The number of carbonyl (C=O) groups excluding carboxylic acids is 1. The topological polar surface area (TPSA) is 131 Å². The largest absolute Gasteiger partial charge is 0.394 e. The lowest BCUT2D eigenvalue weighted by molar-refractivity contribution is -0.0555.